The zero-order chi connectivity index (χ0) is 17.6. The molecule has 0 saturated heterocycles. The van der Waals surface area contributed by atoms with Gasteiger partial charge in [-0.25, -0.2) is 0 Å². The third-order valence-corrected chi connectivity index (χ3v) is 5.20. The Morgan fingerprint density at radius 1 is 1.28 bits per heavy atom. The number of amides is 2. The molecule has 0 bridgehead atoms. The topological polar surface area (TPSA) is 49.4 Å². The first-order valence-corrected chi connectivity index (χ1v) is 9.58. The minimum absolute atomic E-state index is 0.0114. The van der Waals surface area contributed by atoms with Crippen LogP contribution in [0.2, 0.25) is 0 Å². The molecule has 1 atom stereocenters. The predicted octanol–water partition coefficient (Wildman–Crippen LogP) is 3.99. The first-order valence-electron chi connectivity index (χ1n) is 9.58. The van der Waals surface area contributed by atoms with Crippen molar-refractivity contribution in [3.63, 3.8) is 0 Å². The predicted molar refractivity (Wildman–Crippen MR) is 99.3 cm³/mol. The molecule has 3 rings (SSSR count). The van der Waals surface area contributed by atoms with Crippen molar-refractivity contribution >= 4 is 11.8 Å². The van der Waals surface area contributed by atoms with Crippen molar-refractivity contribution in [2.75, 3.05) is 13.1 Å². The summed E-state index contributed by atoms with van der Waals surface area (Å²) in [4.78, 5) is 27.4. The van der Waals surface area contributed by atoms with Crippen molar-refractivity contribution in [1.29, 1.82) is 0 Å². The van der Waals surface area contributed by atoms with Gasteiger partial charge in [-0.05, 0) is 50.2 Å². The van der Waals surface area contributed by atoms with E-state index in [1.54, 1.807) is 4.90 Å². The van der Waals surface area contributed by atoms with E-state index in [0.29, 0.717) is 18.7 Å². The van der Waals surface area contributed by atoms with Gasteiger partial charge in [0.05, 0.1) is 0 Å². The average Bonchev–Trinajstić information content (AvgIpc) is 2.93. The van der Waals surface area contributed by atoms with E-state index in [0.717, 1.165) is 37.7 Å². The van der Waals surface area contributed by atoms with Gasteiger partial charge in [-0.1, -0.05) is 43.2 Å². The Kier molecular flexibility index (Phi) is 5.90. The molecule has 0 fully saturated rings. The molecule has 1 unspecified atom stereocenters. The highest BCUT2D eigenvalue weighted by Crippen LogP contribution is 2.34. The number of hydrogen-bond acceptors (Lipinski definition) is 2. The molecule has 1 N–H and O–H groups in total. The van der Waals surface area contributed by atoms with E-state index in [4.69, 9.17) is 0 Å². The first kappa shape index (κ1) is 17.7. The van der Waals surface area contributed by atoms with Crippen LogP contribution in [0.15, 0.2) is 35.9 Å². The zero-order valence-corrected chi connectivity index (χ0v) is 15.1. The fraction of sp³-hybridized carbons (Fsp3) is 0.524. The fourth-order valence-electron chi connectivity index (χ4n) is 3.76. The van der Waals surface area contributed by atoms with E-state index in [1.165, 1.54) is 18.4 Å². The lowest BCUT2D eigenvalue weighted by atomic mass is 9.97. The second-order valence-electron chi connectivity index (χ2n) is 6.99. The Bertz CT molecular complexity index is 666. The lowest BCUT2D eigenvalue weighted by Crippen LogP contribution is -2.40. The summed E-state index contributed by atoms with van der Waals surface area (Å²) in [6, 6.07) is 7.05. The molecule has 1 aliphatic heterocycles. The number of nitrogens with zero attached hydrogens (tertiary/aromatic N) is 1. The van der Waals surface area contributed by atoms with E-state index in [9.17, 15) is 9.59 Å². The second-order valence-corrected chi connectivity index (χ2v) is 6.99. The average molecular weight is 340 g/mol. The van der Waals surface area contributed by atoms with Gasteiger partial charge in [-0.15, -0.1) is 0 Å². The summed E-state index contributed by atoms with van der Waals surface area (Å²) in [6.45, 7) is 3.39. The van der Waals surface area contributed by atoms with Crippen LogP contribution in [0.4, 0.5) is 0 Å². The van der Waals surface area contributed by atoms with Gasteiger partial charge in [0.1, 0.15) is 6.04 Å². The highest BCUT2D eigenvalue weighted by Gasteiger charge is 2.40. The second kappa shape index (κ2) is 8.32. The summed E-state index contributed by atoms with van der Waals surface area (Å²) >= 11 is 0. The summed E-state index contributed by atoms with van der Waals surface area (Å²) in [5, 5.41) is 3.01. The Morgan fingerprint density at radius 2 is 2.12 bits per heavy atom. The van der Waals surface area contributed by atoms with Crippen molar-refractivity contribution < 1.29 is 9.59 Å². The van der Waals surface area contributed by atoms with Crippen molar-refractivity contribution in [1.82, 2.24) is 10.2 Å². The smallest absolute Gasteiger partial charge is 0.255 e. The van der Waals surface area contributed by atoms with Crippen LogP contribution in [0, 0.1) is 0 Å². The Hall–Kier alpha value is -2.10. The van der Waals surface area contributed by atoms with Gasteiger partial charge in [0.15, 0.2) is 0 Å². The molecule has 4 nitrogen and oxygen atoms in total. The molecule has 0 radical (unpaired) electrons. The lowest BCUT2D eigenvalue weighted by Gasteiger charge is -2.25. The zero-order valence-electron chi connectivity index (χ0n) is 15.1. The Balaban J connectivity index is 1.75. The third kappa shape index (κ3) is 3.94. The quantitative estimate of drug-likeness (QED) is 0.603. The maximum atomic E-state index is 12.8. The molecule has 0 spiro atoms. The van der Waals surface area contributed by atoms with Gasteiger partial charge < -0.3 is 10.2 Å². The molecule has 1 aromatic carbocycles. The number of allylic oxidation sites excluding steroid dienone is 1. The standard InChI is InChI=1S/C21H28N2O2/c1-2-3-14-22-20(24)19-17-11-7-8-12-18(17)21(25)23(19)15-13-16-9-5-4-6-10-16/h7-9,11-12,19H,2-6,10,13-15H2,1H3,(H,22,24). The van der Waals surface area contributed by atoms with Gasteiger partial charge in [0, 0.05) is 18.7 Å². The molecule has 0 aromatic heterocycles. The molecule has 1 aliphatic carbocycles. The van der Waals surface area contributed by atoms with Gasteiger partial charge >= 0.3 is 0 Å². The largest absolute Gasteiger partial charge is 0.354 e. The molecule has 134 valence electrons. The monoisotopic (exact) mass is 340 g/mol. The number of carbonyl (C=O) groups is 2. The van der Waals surface area contributed by atoms with Crippen LogP contribution in [-0.2, 0) is 4.79 Å². The van der Waals surface area contributed by atoms with Crippen molar-refractivity contribution in [3.05, 3.63) is 47.0 Å². The molecule has 1 aromatic rings. The third-order valence-electron chi connectivity index (χ3n) is 5.20. The van der Waals surface area contributed by atoms with Gasteiger partial charge in [0.25, 0.3) is 5.91 Å². The summed E-state index contributed by atoms with van der Waals surface area (Å²) in [7, 11) is 0. The Morgan fingerprint density at radius 3 is 2.88 bits per heavy atom. The molecule has 25 heavy (non-hydrogen) atoms. The van der Waals surface area contributed by atoms with Crippen LogP contribution in [0.1, 0.15) is 73.8 Å². The molecular weight excluding hydrogens is 312 g/mol. The van der Waals surface area contributed by atoms with E-state index >= 15 is 0 Å². The van der Waals surface area contributed by atoms with Crippen LogP contribution < -0.4 is 5.32 Å². The highest BCUT2D eigenvalue weighted by atomic mass is 16.2. The summed E-state index contributed by atoms with van der Waals surface area (Å²) in [6.07, 6.45) is 9.96. The van der Waals surface area contributed by atoms with Gasteiger partial charge in [-0.2, -0.15) is 0 Å². The highest BCUT2D eigenvalue weighted by molar-refractivity contribution is 6.04. The van der Waals surface area contributed by atoms with Crippen LogP contribution in [-0.4, -0.2) is 29.8 Å². The molecule has 1 heterocycles. The minimum Gasteiger partial charge on any atom is -0.354 e. The summed E-state index contributed by atoms with van der Waals surface area (Å²) < 4.78 is 0. The number of rotatable bonds is 7. The van der Waals surface area contributed by atoms with E-state index in [2.05, 4.69) is 18.3 Å². The van der Waals surface area contributed by atoms with Crippen LogP contribution in [0.25, 0.3) is 0 Å². The number of unbranched alkanes of at least 4 members (excludes halogenated alkanes) is 1. The van der Waals surface area contributed by atoms with Crippen molar-refractivity contribution in [2.45, 2.75) is 57.9 Å². The molecule has 2 aliphatic rings. The minimum atomic E-state index is -0.482. The van der Waals surface area contributed by atoms with E-state index in [-0.39, 0.29) is 11.8 Å². The maximum Gasteiger partial charge on any atom is 0.255 e. The molecular formula is C21H28N2O2. The van der Waals surface area contributed by atoms with Crippen LogP contribution in [0.3, 0.4) is 0 Å². The fourth-order valence-corrected chi connectivity index (χ4v) is 3.76. The molecule has 4 heteroatoms. The number of benzene rings is 1. The Labute approximate surface area is 150 Å². The van der Waals surface area contributed by atoms with Gasteiger partial charge in [-0.3, -0.25) is 9.59 Å². The number of fused-ring (bicyclic) bond motifs is 1. The van der Waals surface area contributed by atoms with Crippen LogP contribution in [0.5, 0.6) is 0 Å². The maximum absolute atomic E-state index is 12.8. The van der Waals surface area contributed by atoms with Crippen LogP contribution >= 0.6 is 0 Å². The molecule has 2 amide bonds. The number of carbonyl (C=O) groups excluding carboxylic acids is 2. The number of nitrogens with one attached hydrogen (secondary N) is 1. The van der Waals surface area contributed by atoms with Crippen molar-refractivity contribution in [3.8, 4) is 0 Å². The van der Waals surface area contributed by atoms with Gasteiger partial charge in [0.2, 0.25) is 5.91 Å². The number of hydrogen-bond donors (Lipinski definition) is 1. The van der Waals surface area contributed by atoms with E-state index < -0.39 is 6.04 Å². The summed E-state index contributed by atoms with van der Waals surface area (Å²) in [5.41, 5.74) is 2.95. The summed E-state index contributed by atoms with van der Waals surface area (Å²) in [5.74, 6) is -0.0629. The van der Waals surface area contributed by atoms with E-state index in [1.807, 2.05) is 24.3 Å². The first-order chi connectivity index (χ1) is 12.2. The molecule has 0 saturated carbocycles. The van der Waals surface area contributed by atoms with Crippen molar-refractivity contribution in [2.24, 2.45) is 0 Å². The normalized spacial score (nSPS) is 19.6. The SMILES string of the molecule is CCCCNC(=O)C1c2ccccc2C(=O)N1CCC1=CCCCC1. The lowest BCUT2D eigenvalue weighted by molar-refractivity contribution is -0.125.